The number of nitrogens with one attached hydrogen (secondary N) is 2. The molecule has 0 unspecified atom stereocenters. The molecule has 3 N–H and O–H groups in total. The van der Waals surface area contributed by atoms with E-state index in [0.29, 0.717) is 12.1 Å². The van der Waals surface area contributed by atoms with E-state index in [2.05, 4.69) is 57.4 Å². The molecule has 0 spiro atoms. The molecule has 2 amide bonds. The summed E-state index contributed by atoms with van der Waals surface area (Å²) in [6, 6.07) is 14.8. The number of methoxy groups -OCH3 is 2. The molecular formula is C28H35BrF3N3O5. The van der Waals surface area contributed by atoms with E-state index in [-0.39, 0.29) is 17.5 Å². The SMILES string of the molecule is COc1ccc([C@@]23CC[C@@H](NC(=O)Nc4cccc(Br)c4)C[C@@H]2N(C(C)C)CC3)cc1OC.O=C(O)C(F)(F)F. The molecule has 2 aromatic rings. The molecular weight excluding hydrogens is 595 g/mol. The largest absolute Gasteiger partial charge is 0.493 e. The number of ether oxygens (including phenoxy) is 2. The summed E-state index contributed by atoms with van der Waals surface area (Å²) in [6.07, 6.45) is -1.07. The van der Waals surface area contributed by atoms with Crippen molar-refractivity contribution in [1.29, 1.82) is 0 Å². The zero-order valence-corrected chi connectivity index (χ0v) is 24.4. The number of nitrogens with zero attached hydrogens (tertiary/aromatic N) is 1. The van der Waals surface area contributed by atoms with Crippen LogP contribution in [0.25, 0.3) is 0 Å². The number of hydrogen-bond donors (Lipinski definition) is 3. The quantitative estimate of drug-likeness (QED) is 0.352. The third kappa shape index (κ3) is 7.39. The number of rotatable bonds is 6. The van der Waals surface area contributed by atoms with Crippen LogP contribution in [0.3, 0.4) is 0 Å². The van der Waals surface area contributed by atoms with Crippen LogP contribution >= 0.6 is 15.9 Å². The molecule has 0 radical (unpaired) electrons. The fraction of sp³-hybridized carbons (Fsp3) is 0.500. The van der Waals surface area contributed by atoms with E-state index in [1.54, 1.807) is 14.2 Å². The number of fused-ring (bicyclic) bond motifs is 1. The van der Waals surface area contributed by atoms with E-state index in [1.165, 1.54) is 5.56 Å². The van der Waals surface area contributed by atoms with Crippen molar-refractivity contribution in [3.8, 4) is 11.5 Å². The maximum Gasteiger partial charge on any atom is 0.490 e. The van der Waals surface area contributed by atoms with Gasteiger partial charge in [-0.25, -0.2) is 9.59 Å². The summed E-state index contributed by atoms with van der Waals surface area (Å²) in [5.74, 6) is -1.22. The van der Waals surface area contributed by atoms with Crippen molar-refractivity contribution in [2.75, 3.05) is 26.1 Å². The highest BCUT2D eigenvalue weighted by Crippen LogP contribution is 2.50. The molecule has 8 nitrogen and oxygen atoms in total. The zero-order valence-electron chi connectivity index (χ0n) is 22.8. The van der Waals surface area contributed by atoms with Gasteiger partial charge in [0.15, 0.2) is 11.5 Å². The second-order valence-electron chi connectivity index (χ2n) is 10.2. The summed E-state index contributed by atoms with van der Waals surface area (Å²) in [5, 5.41) is 13.3. The summed E-state index contributed by atoms with van der Waals surface area (Å²) in [5.41, 5.74) is 2.15. The molecule has 2 aromatic carbocycles. The smallest absolute Gasteiger partial charge is 0.490 e. The lowest BCUT2D eigenvalue weighted by atomic mass is 9.65. The Hall–Kier alpha value is -2.99. The van der Waals surface area contributed by atoms with Crippen LogP contribution in [0.15, 0.2) is 46.9 Å². The molecule has 1 aliphatic heterocycles. The van der Waals surface area contributed by atoms with Gasteiger partial charge in [0.05, 0.1) is 14.2 Å². The highest BCUT2D eigenvalue weighted by atomic mass is 79.9. The summed E-state index contributed by atoms with van der Waals surface area (Å²) in [6.45, 7) is 5.59. The summed E-state index contributed by atoms with van der Waals surface area (Å²) in [4.78, 5) is 24.2. The van der Waals surface area contributed by atoms with Crippen molar-refractivity contribution in [3.05, 3.63) is 52.5 Å². The minimum absolute atomic E-state index is 0.0583. The van der Waals surface area contributed by atoms with Crippen LogP contribution in [0.4, 0.5) is 23.7 Å². The number of benzene rings is 2. The lowest BCUT2D eigenvalue weighted by Gasteiger charge is -2.46. The molecule has 2 fully saturated rings. The molecule has 0 aromatic heterocycles. The number of amides is 2. The molecule has 1 saturated carbocycles. The zero-order chi connectivity index (χ0) is 29.7. The molecule has 2 aliphatic rings. The molecule has 3 atom stereocenters. The number of urea groups is 1. The second kappa shape index (κ2) is 13.1. The Morgan fingerprint density at radius 2 is 1.77 bits per heavy atom. The third-order valence-corrected chi connectivity index (χ3v) is 8.08. The maximum absolute atomic E-state index is 12.7. The topological polar surface area (TPSA) is 100 Å². The first-order valence-corrected chi connectivity index (χ1v) is 13.7. The van der Waals surface area contributed by atoms with E-state index in [1.807, 2.05) is 30.3 Å². The number of carboxylic acid groups (broad SMARTS) is 1. The third-order valence-electron chi connectivity index (χ3n) is 7.58. The van der Waals surface area contributed by atoms with Gasteiger partial charge in [-0.3, -0.25) is 4.90 Å². The number of likely N-dealkylation sites (tertiary alicyclic amines) is 1. The Morgan fingerprint density at radius 3 is 2.35 bits per heavy atom. The predicted molar refractivity (Wildman–Crippen MR) is 149 cm³/mol. The van der Waals surface area contributed by atoms with Crippen LogP contribution in [0.5, 0.6) is 11.5 Å². The van der Waals surface area contributed by atoms with Crippen molar-refractivity contribution >= 4 is 33.6 Å². The van der Waals surface area contributed by atoms with E-state index < -0.39 is 12.1 Å². The van der Waals surface area contributed by atoms with Crippen molar-refractivity contribution in [1.82, 2.24) is 10.2 Å². The van der Waals surface area contributed by atoms with Gasteiger partial charge in [-0.05, 0) is 82.0 Å². The van der Waals surface area contributed by atoms with Gasteiger partial charge in [-0.1, -0.05) is 28.1 Å². The predicted octanol–water partition coefficient (Wildman–Crippen LogP) is 6.19. The minimum Gasteiger partial charge on any atom is -0.493 e. The first kappa shape index (κ1) is 31.5. The minimum atomic E-state index is -5.08. The Balaban J connectivity index is 0.000000559. The lowest BCUT2D eigenvalue weighted by molar-refractivity contribution is -0.192. The van der Waals surface area contributed by atoms with Crippen LogP contribution in [0.2, 0.25) is 0 Å². The average Bonchev–Trinajstić information content (AvgIpc) is 3.28. The monoisotopic (exact) mass is 629 g/mol. The van der Waals surface area contributed by atoms with Crippen molar-refractivity contribution < 1.29 is 37.3 Å². The van der Waals surface area contributed by atoms with Gasteiger partial charge in [-0.15, -0.1) is 0 Å². The number of anilines is 1. The molecule has 1 saturated heterocycles. The summed E-state index contributed by atoms with van der Waals surface area (Å²) < 4.78 is 43.8. The van der Waals surface area contributed by atoms with E-state index in [0.717, 1.165) is 53.9 Å². The van der Waals surface area contributed by atoms with Gasteiger partial charge in [-0.2, -0.15) is 13.2 Å². The Labute approximate surface area is 240 Å². The first-order valence-electron chi connectivity index (χ1n) is 12.9. The molecule has 1 heterocycles. The highest BCUT2D eigenvalue weighted by Gasteiger charge is 2.52. The Morgan fingerprint density at radius 1 is 1.10 bits per heavy atom. The van der Waals surface area contributed by atoms with Crippen LogP contribution in [-0.2, 0) is 10.2 Å². The fourth-order valence-corrected chi connectivity index (χ4v) is 6.13. The second-order valence-corrected chi connectivity index (χ2v) is 11.1. The molecule has 12 heteroatoms. The summed E-state index contributed by atoms with van der Waals surface area (Å²) >= 11 is 3.45. The number of aliphatic carboxylic acids is 1. The number of hydrogen-bond acceptors (Lipinski definition) is 5. The van der Waals surface area contributed by atoms with E-state index >= 15 is 0 Å². The number of halogens is 4. The summed E-state index contributed by atoms with van der Waals surface area (Å²) in [7, 11) is 3.36. The number of carboxylic acids is 1. The standard InChI is InChI=1S/C26H34BrN3O3.C2HF3O2/c1-17(2)30-13-12-26(18-8-9-22(32-3)23(14-18)33-4)11-10-21(16-24(26)30)29-25(31)28-20-7-5-6-19(27)15-20;3-2(4,5)1(6)7/h5-9,14-15,17,21,24H,10-13,16H2,1-4H3,(H2,28,29,31);(H,6,7)/t21-,24+,26+;/m1./s1. The number of alkyl halides is 3. The highest BCUT2D eigenvalue weighted by molar-refractivity contribution is 9.10. The molecule has 1 aliphatic carbocycles. The van der Waals surface area contributed by atoms with E-state index in [9.17, 15) is 18.0 Å². The van der Waals surface area contributed by atoms with Gasteiger partial charge in [0, 0.05) is 33.7 Å². The van der Waals surface area contributed by atoms with Crippen molar-refractivity contribution in [2.24, 2.45) is 0 Å². The lowest BCUT2D eigenvalue weighted by Crippen LogP contribution is -2.54. The van der Waals surface area contributed by atoms with Crippen LogP contribution in [0, 0.1) is 0 Å². The van der Waals surface area contributed by atoms with Crippen LogP contribution in [-0.4, -0.2) is 67.1 Å². The van der Waals surface area contributed by atoms with Crippen molar-refractivity contribution in [3.63, 3.8) is 0 Å². The first-order chi connectivity index (χ1) is 18.8. The van der Waals surface area contributed by atoms with Gasteiger partial charge in [0.25, 0.3) is 0 Å². The Bertz CT molecular complexity index is 1200. The van der Waals surface area contributed by atoms with Gasteiger partial charge in [0.2, 0.25) is 0 Å². The molecule has 40 heavy (non-hydrogen) atoms. The molecule has 0 bridgehead atoms. The van der Waals surface area contributed by atoms with Crippen molar-refractivity contribution in [2.45, 2.75) is 69.2 Å². The molecule has 4 rings (SSSR count). The fourth-order valence-electron chi connectivity index (χ4n) is 5.74. The van der Waals surface area contributed by atoms with Gasteiger partial charge < -0.3 is 25.2 Å². The van der Waals surface area contributed by atoms with Crippen LogP contribution < -0.4 is 20.1 Å². The normalized spacial score (nSPS) is 22.5. The van der Waals surface area contributed by atoms with Gasteiger partial charge in [0.1, 0.15) is 0 Å². The number of carbonyl (C=O) groups is 2. The average molecular weight is 631 g/mol. The Kier molecular flexibility index (Phi) is 10.3. The van der Waals surface area contributed by atoms with Gasteiger partial charge >= 0.3 is 18.2 Å². The van der Waals surface area contributed by atoms with Crippen LogP contribution in [0.1, 0.15) is 45.1 Å². The maximum atomic E-state index is 12.7. The molecule has 220 valence electrons. The van der Waals surface area contributed by atoms with E-state index in [4.69, 9.17) is 19.4 Å². The number of carbonyl (C=O) groups excluding carboxylic acids is 1.